The zero-order chi connectivity index (χ0) is 15.3. The van der Waals surface area contributed by atoms with Crippen LogP contribution < -0.4 is 11.5 Å². The molecular weight excluding hydrogens is 281 g/mol. The summed E-state index contributed by atoms with van der Waals surface area (Å²) < 4.78 is 59.9. The fourth-order valence-corrected chi connectivity index (χ4v) is 1.15. The van der Waals surface area contributed by atoms with Crippen LogP contribution in [0.15, 0.2) is 36.5 Å². The molecule has 0 saturated heterocycles. The van der Waals surface area contributed by atoms with Gasteiger partial charge in [0.15, 0.2) is 0 Å². The van der Waals surface area contributed by atoms with Crippen molar-refractivity contribution >= 4 is 11.4 Å². The Kier molecular flexibility index (Phi) is 4.84. The van der Waals surface area contributed by atoms with Crippen LogP contribution in [0.25, 0.3) is 0 Å². The van der Waals surface area contributed by atoms with Crippen molar-refractivity contribution < 1.29 is 22.0 Å². The Morgan fingerprint density at radius 1 is 0.950 bits per heavy atom. The van der Waals surface area contributed by atoms with Gasteiger partial charge in [-0.25, -0.2) is 9.37 Å². The van der Waals surface area contributed by atoms with Crippen LogP contribution in [-0.2, 0) is 6.18 Å². The van der Waals surface area contributed by atoms with Crippen LogP contribution in [0.3, 0.4) is 0 Å². The monoisotopic (exact) mass is 291 g/mol. The smallest absolute Gasteiger partial charge is 0.397 e. The molecule has 1 aromatic heterocycles. The number of nitrogens with zero attached hydrogens (tertiary/aromatic N) is 1. The summed E-state index contributed by atoms with van der Waals surface area (Å²) in [7, 11) is 0. The average Bonchev–Trinajstić information content (AvgIpc) is 2.36. The molecule has 1 heterocycles. The third kappa shape index (κ3) is 4.08. The van der Waals surface area contributed by atoms with E-state index < -0.39 is 23.5 Å². The SMILES string of the molecule is Fc1ncccc1C(F)(F)F.Nc1cccc(F)c1N. The molecule has 3 nitrogen and oxygen atoms in total. The predicted octanol–water partition coefficient (Wildman–Crippen LogP) is 3.23. The van der Waals surface area contributed by atoms with Gasteiger partial charge in [0.1, 0.15) is 11.4 Å². The number of aromatic nitrogens is 1. The Hall–Kier alpha value is -2.38. The molecule has 20 heavy (non-hydrogen) atoms. The number of halogens is 5. The van der Waals surface area contributed by atoms with Gasteiger partial charge in [-0.05, 0) is 24.3 Å². The van der Waals surface area contributed by atoms with Crippen molar-refractivity contribution in [2.45, 2.75) is 6.18 Å². The van der Waals surface area contributed by atoms with Crippen LogP contribution in [0.1, 0.15) is 5.56 Å². The van der Waals surface area contributed by atoms with E-state index in [9.17, 15) is 22.0 Å². The second kappa shape index (κ2) is 6.18. The van der Waals surface area contributed by atoms with E-state index in [1.165, 1.54) is 12.1 Å². The molecule has 2 aromatic rings. The van der Waals surface area contributed by atoms with E-state index in [4.69, 9.17) is 11.5 Å². The van der Waals surface area contributed by atoms with Crippen LogP contribution in [0.4, 0.5) is 33.3 Å². The molecule has 0 bridgehead atoms. The van der Waals surface area contributed by atoms with Gasteiger partial charge in [-0.1, -0.05) is 6.07 Å². The average molecular weight is 291 g/mol. The van der Waals surface area contributed by atoms with Crippen molar-refractivity contribution in [1.29, 1.82) is 0 Å². The summed E-state index contributed by atoms with van der Waals surface area (Å²) in [5.41, 5.74) is 9.42. The lowest BCUT2D eigenvalue weighted by molar-refractivity contribution is -0.140. The van der Waals surface area contributed by atoms with E-state index in [0.29, 0.717) is 6.07 Å². The molecule has 1 aromatic carbocycles. The fraction of sp³-hybridized carbons (Fsp3) is 0.0833. The van der Waals surface area contributed by atoms with E-state index in [0.717, 1.165) is 12.3 Å². The number of alkyl halides is 3. The topological polar surface area (TPSA) is 64.9 Å². The minimum absolute atomic E-state index is 0.0255. The largest absolute Gasteiger partial charge is 0.420 e. The van der Waals surface area contributed by atoms with E-state index in [1.54, 1.807) is 6.07 Å². The van der Waals surface area contributed by atoms with Crippen molar-refractivity contribution in [3.63, 3.8) is 0 Å². The molecule has 0 aliphatic carbocycles. The molecule has 8 heteroatoms. The van der Waals surface area contributed by atoms with Gasteiger partial charge < -0.3 is 11.5 Å². The molecule has 0 radical (unpaired) electrons. The number of rotatable bonds is 0. The molecule has 0 aliphatic rings. The van der Waals surface area contributed by atoms with Crippen molar-refractivity contribution in [1.82, 2.24) is 4.98 Å². The van der Waals surface area contributed by atoms with Crippen molar-refractivity contribution in [2.75, 3.05) is 11.5 Å². The predicted molar refractivity (Wildman–Crippen MR) is 64.4 cm³/mol. The molecule has 0 atom stereocenters. The standard InChI is InChI=1S/C6H3F4N.C6H7FN2/c7-5-4(6(8,9)10)2-1-3-11-5;7-4-2-1-3-5(8)6(4)9/h1-3H;1-3H,8-9H2. The Bertz CT molecular complexity index is 563. The quantitative estimate of drug-likeness (QED) is 0.445. The maximum atomic E-state index is 12.4. The maximum Gasteiger partial charge on any atom is 0.420 e. The molecule has 0 saturated carbocycles. The lowest BCUT2D eigenvalue weighted by atomic mass is 10.3. The van der Waals surface area contributed by atoms with Gasteiger partial charge in [0, 0.05) is 6.20 Å². The first-order chi connectivity index (χ1) is 9.23. The molecule has 108 valence electrons. The highest BCUT2D eigenvalue weighted by molar-refractivity contribution is 5.63. The van der Waals surface area contributed by atoms with Gasteiger partial charge >= 0.3 is 6.18 Å². The van der Waals surface area contributed by atoms with E-state index >= 15 is 0 Å². The third-order valence-corrected chi connectivity index (χ3v) is 2.15. The molecule has 0 fully saturated rings. The normalized spacial score (nSPS) is 10.7. The Labute approximate surface area is 111 Å². The van der Waals surface area contributed by atoms with Gasteiger partial charge in [0.05, 0.1) is 11.4 Å². The van der Waals surface area contributed by atoms with Crippen LogP contribution in [0.5, 0.6) is 0 Å². The summed E-state index contributed by atoms with van der Waals surface area (Å²) in [4.78, 5) is 2.86. The highest BCUT2D eigenvalue weighted by Crippen LogP contribution is 2.29. The lowest BCUT2D eigenvalue weighted by Crippen LogP contribution is -2.08. The lowest BCUT2D eigenvalue weighted by Gasteiger charge is -2.04. The Morgan fingerprint density at radius 2 is 1.60 bits per heavy atom. The summed E-state index contributed by atoms with van der Waals surface area (Å²) >= 11 is 0. The zero-order valence-corrected chi connectivity index (χ0v) is 9.96. The fourth-order valence-electron chi connectivity index (χ4n) is 1.15. The van der Waals surface area contributed by atoms with Crippen molar-refractivity contribution in [3.05, 3.63) is 53.9 Å². The summed E-state index contributed by atoms with van der Waals surface area (Å²) in [6.45, 7) is 0. The minimum atomic E-state index is -4.65. The molecule has 4 N–H and O–H groups in total. The second-order valence-electron chi connectivity index (χ2n) is 3.58. The first-order valence-electron chi connectivity index (χ1n) is 5.20. The maximum absolute atomic E-state index is 12.4. The number of benzene rings is 1. The third-order valence-electron chi connectivity index (χ3n) is 2.15. The first-order valence-corrected chi connectivity index (χ1v) is 5.20. The van der Waals surface area contributed by atoms with Gasteiger partial charge in [-0.2, -0.15) is 17.6 Å². The van der Waals surface area contributed by atoms with Crippen LogP contribution in [0.2, 0.25) is 0 Å². The molecule has 0 spiro atoms. The van der Waals surface area contributed by atoms with Gasteiger partial charge in [-0.15, -0.1) is 0 Å². The Morgan fingerprint density at radius 3 is 2.00 bits per heavy atom. The zero-order valence-electron chi connectivity index (χ0n) is 9.96. The van der Waals surface area contributed by atoms with Gasteiger partial charge in [0.2, 0.25) is 5.95 Å². The highest BCUT2D eigenvalue weighted by atomic mass is 19.4. The van der Waals surface area contributed by atoms with Crippen LogP contribution >= 0.6 is 0 Å². The van der Waals surface area contributed by atoms with E-state index in [1.807, 2.05) is 0 Å². The number of para-hydroxylation sites is 1. The molecule has 0 amide bonds. The van der Waals surface area contributed by atoms with Crippen LogP contribution in [-0.4, -0.2) is 4.98 Å². The van der Waals surface area contributed by atoms with Gasteiger partial charge in [0.25, 0.3) is 0 Å². The molecular formula is C12H10F5N3. The number of nitrogen functional groups attached to an aromatic ring is 2. The minimum Gasteiger partial charge on any atom is -0.397 e. The Balaban J connectivity index is 0.000000204. The second-order valence-corrected chi connectivity index (χ2v) is 3.58. The number of hydrogen-bond donors (Lipinski definition) is 2. The summed E-state index contributed by atoms with van der Waals surface area (Å²) in [6, 6.07) is 6.01. The van der Waals surface area contributed by atoms with Crippen LogP contribution in [0, 0.1) is 11.8 Å². The van der Waals surface area contributed by atoms with Crippen molar-refractivity contribution in [3.8, 4) is 0 Å². The molecule has 0 aliphatic heterocycles. The highest BCUT2D eigenvalue weighted by Gasteiger charge is 2.34. The summed E-state index contributed by atoms with van der Waals surface area (Å²) in [6.07, 6.45) is -3.69. The van der Waals surface area contributed by atoms with Crippen molar-refractivity contribution in [2.24, 2.45) is 0 Å². The molecule has 2 rings (SSSR count). The number of hydrogen-bond acceptors (Lipinski definition) is 3. The summed E-state index contributed by atoms with van der Waals surface area (Å²) in [5.74, 6) is -1.95. The van der Waals surface area contributed by atoms with Gasteiger partial charge in [-0.3, -0.25) is 0 Å². The van der Waals surface area contributed by atoms with E-state index in [-0.39, 0.29) is 11.4 Å². The summed E-state index contributed by atoms with van der Waals surface area (Å²) in [5, 5.41) is 0. The first kappa shape index (κ1) is 15.7. The number of nitrogens with two attached hydrogens (primary N) is 2. The number of pyridine rings is 1. The molecule has 0 unspecified atom stereocenters. The number of anilines is 2. The van der Waals surface area contributed by atoms with E-state index in [2.05, 4.69) is 4.98 Å².